The van der Waals surface area contributed by atoms with Crippen molar-refractivity contribution in [2.24, 2.45) is 0 Å². The number of nitrogens with zero attached hydrogens (tertiary/aromatic N) is 1. The normalized spacial score (nSPS) is 11.5. The predicted octanol–water partition coefficient (Wildman–Crippen LogP) is 2.91. The summed E-state index contributed by atoms with van der Waals surface area (Å²) in [7, 11) is -3.63. The van der Waals surface area contributed by atoms with E-state index in [1.807, 2.05) is 12.1 Å². The van der Waals surface area contributed by atoms with Crippen LogP contribution in [-0.2, 0) is 16.4 Å². The lowest BCUT2D eigenvalue weighted by Crippen LogP contribution is -2.26. The number of halogens is 2. The molecule has 0 spiro atoms. The largest absolute Gasteiger partial charge is 0.265 e. The average molecular weight is 331 g/mol. The highest BCUT2D eigenvalue weighted by Crippen LogP contribution is 2.24. The molecule has 0 aliphatic rings. The summed E-state index contributed by atoms with van der Waals surface area (Å²) in [6, 6.07) is 7.96. The SMILES string of the molecule is O=S(=O)(NCCc1ccncc1)c1ccc(Cl)cc1Cl. The summed E-state index contributed by atoms with van der Waals surface area (Å²) in [4.78, 5) is 3.93. The minimum absolute atomic E-state index is 0.0262. The van der Waals surface area contributed by atoms with Crippen molar-refractivity contribution in [1.29, 1.82) is 0 Å². The standard InChI is InChI=1S/C13H12Cl2N2O2S/c14-11-1-2-13(12(15)9-11)20(18,19)17-8-5-10-3-6-16-7-4-10/h1-4,6-7,9,17H,5,8H2. The molecule has 0 saturated carbocycles. The maximum absolute atomic E-state index is 12.1. The van der Waals surface area contributed by atoms with Gasteiger partial charge in [0.1, 0.15) is 4.90 Å². The zero-order chi connectivity index (χ0) is 14.6. The monoisotopic (exact) mass is 330 g/mol. The number of benzene rings is 1. The first-order chi connectivity index (χ1) is 9.49. The third-order valence-electron chi connectivity index (χ3n) is 2.64. The first kappa shape index (κ1) is 15.3. The summed E-state index contributed by atoms with van der Waals surface area (Å²) in [5, 5.41) is 0.500. The van der Waals surface area contributed by atoms with Crippen molar-refractivity contribution in [3.05, 3.63) is 58.3 Å². The first-order valence-corrected chi connectivity index (χ1v) is 8.06. The molecule has 0 radical (unpaired) electrons. The van der Waals surface area contributed by atoms with E-state index in [1.165, 1.54) is 18.2 Å². The number of rotatable bonds is 5. The van der Waals surface area contributed by atoms with Crippen LogP contribution in [0.1, 0.15) is 5.56 Å². The lowest BCUT2D eigenvalue weighted by atomic mass is 10.2. The van der Waals surface area contributed by atoms with E-state index in [2.05, 4.69) is 9.71 Å². The van der Waals surface area contributed by atoms with Crippen LogP contribution in [0.25, 0.3) is 0 Å². The molecule has 1 aromatic heterocycles. The van der Waals surface area contributed by atoms with E-state index in [4.69, 9.17) is 23.2 Å². The van der Waals surface area contributed by atoms with E-state index in [9.17, 15) is 8.42 Å². The molecule has 7 heteroatoms. The van der Waals surface area contributed by atoms with Crippen molar-refractivity contribution >= 4 is 33.2 Å². The summed E-state index contributed by atoms with van der Waals surface area (Å²) >= 11 is 11.6. The van der Waals surface area contributed by atoms with Crippen LogP contribution in [0.15, 0.2) is 47.6 Å². The van der Waals surface area contributed by atoms with Gasteiger partial charge < -0.3 is 0 Å². The number of hydrogen-bond donors (Lipinski definition) is 1. The van der Waals surface area contributed by atoms with Crippen molar-refractivity contribution in [3.63, 3.8) is 0 Å². The Hall–Kier alpha value is -1.14. The van der Waals surface area contributed by atoms with Crippen molar-refractivity contribution in [1.82, 2.24) is 9.71 Å². The fourth-order valence-electron chi connectivity index (χ4n) is 1.65. The Bertz CT molecular complexity index is 691. The number of hydrogen-bond acceptors (Lipinski definition) is 3. The molecule has 2 aromatic rings. The van der Waals surface area contributed by atoms with Crippen LogP contribution in [0.5, 0.6) is 0 Å². The zero-order valence-electron chi connectivity index (χ0n) is 10.4. The van der Waals surface area contributed by atoms with Gasteiger partial charge in [0, 0.05) is 24.0 Å². The van der Waals surface area contributed by atoms with Gasteiger partial charge >= 0.3 is 0 Å². The summed E-state index contributed by atoms with van der Waals surface area (Å²) < 4.78 is 26.7. The molecule has 20 heavy (non-hydrogen) atoms. The van der Waals surface area contributed by atoms with Crippen LogP contribution in [0, 0.1) is 0 Å². The zero-order valence-corrected chi connectivity index (χ0v) is 12.7. The highest BCUT2D eigenvalue weighted by atomic mass is 35.5. The van der Waals surface area contributed by atoms with Crippen molar-refractivity contribution < 1.29 is 8.42 Å². The quantitative estimate of drug-likeness (QED) is 0.916. The van der Waals surface area contributed by atoms with Gasteiger partial charge in [-0.1, -0.05) is 23.2 Å². The van der Waals surface area contributed by atoms with E-state index in [1.54, 1.807) is 12.4 Å². The Morgan fingerprint density at radius 1 is 1.10 bits per heavy atom. The molecule has 1 heterocycles. The molecule has 0 aliphatic carbocycles. The highest BCUT2D eigenvalue weighted by molar-refractivity contribution is 7.89. The molecule has 0 saturated heterocycles. The second kappa shape index (κ2) is 6.54. The summed E-state index contributed by atoms with van der Waals surface area (Å²) in [6.45, 7) is 0.283. The molecule has 0 amide bonds. The fourth-order valence-corrected chi connectivity index (χ4v) is 3.45. The number of aromatic nitrogens is 1. The smallest absolute Gasteiger partial charge is 0.242 e. The van der Waals surface area contributed by atoms with E-state index in [0.717, 1.165) is 5.56 Å². The minimum Gasteiger partial charge on any atom is -0.265 e. The summed E-state index contributed by atoms with van der Waals surface area (Å²) in [5.74, 6) is 0. The van der Waals surface area contributed by atoms with Crippen LogP contribution < -0.4 is 4.72 Å². The fraction of sp³-hybridized carbons (Fsp3) is 0.154. The van der Waals surface area contributed by atoms with E-state index in [-0.39, 0.29) is 16.5 Å². The summed E-state index contributed by atoms with van der Waals surface area (Å²) in [6.07, 6.45) is 3.91. The Morgan fingerprint density at radius 3 is 2.45 bits per heavy atom. The second-order valence-electron chi connectivity index (χ2n) is 4.08. The van der Waals surface area contributed by atoms with Crippen LogP contribution >= 0.6 is 23.2 Å². The van der Waals surface area contributed by atoms with Gasteiger partial charge in [-0.25, -0.2) is 13.1 Å². The topological polar surface area (TPSA) is 59.1 Å². The molecule has 0 aliphatic heterocycles. The summed E-state index contributed by atoms with van der Waals surface area (Å²) in [5.41, 5.74) is 1.00. The van der Waals surface area contributed by atoms with Crippen LogP contribution in [-0.4, -0.2) is 19.9 Å². The average Bonchev–Trinajstić information content (AvgIpc) is 2.39. The third kappa shape index (κ3) is 3.93. The number of nitrogens with one attached hydrogen (secondary N) is 1. The van der Waals surface area contributed by atoms with Gasteiger partial charge in [-0.2, -0.15) is 0 Å². The van der Waals surface area contributed by atoms with Gasteiger partial charge in [0.15, 0.2) is 0 Å². The lowest BCUT2D eigenvalue weighted by Gasteiger charge is -2.08. The van der Waals surface area contributed by atoms with Gasteiger partial charge in [-0.05, 0) is 42.3 Å². The predicted molar refractivity (Wildman–Crippen MR) is 79.6 cm³/mol. The van der Waals surface area contributed by atoms with Gasteiger partial charge in [-0.15, -0.1) is 0 Å². The second-order valence-corrected chi connectivity index (χ2v) is 6.66. The molecule has 106 valence electrons. The van der Waals surface area contributed by atoms with E-state index >= 15 is 0 Å². The molecule has 0 fully saturated rings. The number of sulfonamides is 1. The van der Waals surface area contributed by atoms with Crippen LogP contribution in [0.3, 0.4) is 0 Å². The molecule has 1 N–H and O–H groups in total. The van der Waals surface area contributed by atoms with Gasteiger partial charge in [-0.3, -0.25) is 4.98 Å². The molecule has 1 aromatic carbocycles. The maximum Gasteiger partial charge on any atom is 0.242 e. The Morgan fingerprint density at radius 2 is 1.80 bits per heavy atom. The number of pyridine rings is 1. The Balaban J connectivity index is 2.04. The van der Waals surface area contributed by atoms with E-state index < -0.39 is 10.0 Å². The van der Waals surface area contributed by atoms with Gasteiger partial charge in [0.05, 0.1) is 5.02 Å². The molecular weight excluding hydrogens is 319 g/mol. The van der Waals surface area contributed by atoms with Crippen molar-refractivity contribution in [2.45, 2.75) is 11.3 Å². The van der Waals surface area contributed by atoms with Crippen LogP contribution in [0.4, 0.5) is 0 Å². The van der Waals surface area contributed by atoms with Crippen molar-refractivity contribution in [3.8, 4) is 0 Å². The van der Waals surface area contributed by atoms with E-state index in [0.29, 0.717) is 11.4 Å². The Labute approximate surface area is 127 Å². The van der Waals surface area contributed by atoms with Gasteiger partial charge in [0.25, 0.3) is 0 Å². The van der Waals surface area contributed by atoms with Gasteiger partial charge in [0.2, 0.25) is 10.0 Å². The Kier molecular flexibility index (Phi) is 4.99. The van der Waals surface area contributed by atoms with Crippen molar-refractivity contribution in [2.75, 3.05) is 6.54 Å². The molecule has 0 atom stereocenters. The van der Waals surface area contributed by atoms with Crippen LogP contribution in [0.2, 0.25) is 10.0 Å². The first-order valence-electron chi connectivity index (χ1n) is 5.83. The maximum atomic E-state index is 12.1. The molecule has 2 rings (SSSR count). The molecule has 0 unspecified atom stereocenters. The molecule has 0 bridgehead atoms. The highest BCUT2D eigenvalue weighted by Gasteiger charge is 2.17. The molecule has 4 nitrogen and oxygen atoms in total. The minimum atomic E-state index is -3.63. The third-order valence-corrected chi connectivity index (χ3v) is 4.82. The lowest BCUT2D eigenvalue weighted by molar-refractivity contribution is 0.581. The molecular formula is C13H12Cl2N2O2S.